The highest BCUT2D eigenvalue weighted by Gasteiger charge is 2.16. The first-order valence-corrected chi connectivity index (χ1v) is 8.39. The third kappa shape index (κ3) is 3.64. The van der Waals surface area contributed by atoms with Crippen molar-refractivity contribution in [1.82, 2.24) is 15.3 Å². The van der Waals surface area contributed by atoms with Crippen LogP contribution in [0, 0.1) is 0 Å². The summed E-state index contributed by atoms with van der Waals surface area (Å²) in [5.41, 5.74) is 1.68. The molecule has 0 fully saturated rings. The molecule has 8 nitrogen and oxygen atoms in total. The maximum absolute atomic E-state index is 12.2. The van der Waals surface area contributed by atoms with Crippen LogP contribution in [0.4, 0.5) is 5.69 Å². The summed E-state index contributed by atoms with van der Waals surface area (Å²) in [5, 5.41) is 5.99. The zero-order valence-electron chi connectivity index (χ0n) is 14.2. The van der Waals surface area contributed by atoms with Crippen LogP contribution in [0.5, 0.6) is 5.75 Å². The Morgan fingerprint density at radius 3 is 2.93 bits per heavy atom. The molecule has 3 N–H and O–H groups in total. The van der Waals surface area contributed by atoms with E-state index in [1.165, 1.54) is 0 Å². The number of carbonyl (C=O) groups excluding carboxylic acids is 2. The molecule has 27 heavy (non-hydrogen) atoms. The molecular weight excluding hydrogens is 348 g/mol. The van der Waals surface area contributed by atoms with Gasteiger partial charge in [0, 0.05) is 6.54 Å². The van der Waals surface area contributed by atoms with Crippen LogP contribution < -0.4 is 20.9 Å². The fourth-order valence-corrected chi connectivity index (χ4v) is 2.87. The molecule has 0 spiro atoms. The predicted octanol–water partition coefficient (Wildman–Crippen LogP) is 1.11. The molecule has 2 heterocycles. The van der Waals surface area contributed by atoms with Crippen molar-refractivity contribution in [3.05, 3.63) is 64.2 Å². The van der Waals surface area contributed by atoms with Crippen molar-refractivity contribution in [3.63, 3.8) is 0 Å². The Hall–Kier alpha value is -3.68. The van der Waals surface area contributed by atoms with E-state index in [-0.39, 0.29) is 36.9 Å². The molecule has 0 aliphatic carbocycles. The number of amides is 2. The highest BCUT2D eigenvalue weighted by Crippen LogP contribution is 2.28. The van der Waals surface area contributed by atoms with Gasteiger partial charge >= 0.3 is 0 Å². The lowest BCUT2D eigenvalue weighted by Gasteiger charge is -2.18. The lowest BCUT2D eigenvalue weighted by Crippen LogP contribution is -2.27. The Labute approximate surface area is 153 Å². The van der Waals surface area contributed by atoms with E-state index < -0.39 is 0 Å². The first kappa shape index (κ1) is 16.8. The lowest BCUT2D eigenvalue weighted by atomic mass is 10.1. The fourth-order valence-electron chi connectivity index (χ4n) is 2.87. The molecule has 0 unspecified atom stereocenters. The summed E-state index contributed by atoms with van der Waals surface area (Å²) >= 11 is 0. The van der Waals surface area contributed by atoms with E-state index in [0.717, 1.165) is 5.56 Å². The Morgan fingerprint density at radius 1 is 1.19 bits per heavy atom. The fraction of sp³-hybridized carbons (Fsp3) is 0.158. The van der Waals surface area contributed by atoms with Crippen LogP contribution in [0.15, 0.2) is 47.3 Å². The number of hydrogen-bond acceptors (Lipinski definition) is 5. The number of rotatable bonds is 4. The van der Waals surface area contributed by atoms with Gasteiger partial charge in [-0.25, -0.2) is 4.98 Å². The Morgan fingerprint density at radius 2 is 2.04 bits per heavy atom. The summed E-state index contributed by atoms with van der Waals surface area (Å²) in [6.45, 7) is 0.278. The van der Waals surface area contributed by atoms with E-state index in [1.54, 1.807) is 36.4 Å². The van der Waals surface area contributed by atoms with Crippen LogP contribution in [0.1, 0.15) is 11.4 Å². The summed E-state index contributed by atoms with van der Waals surface area (Å²) in [5.74, 6) is 0.423. The van der Waals surface area contributed by atoms with Crippen molar-refractivity contribution in [3.8, 4) is 5.75 Å². The second-order valence-corrected chi connectivity index (χ2v) is 6.15. The van der Waals surface area contributed by atoms with Gasteiger partial charge in [0.15, 0.2) is 6.61 Å². The Kier molecular flexibility index (Phi) is 4.29. The smallest absolute Gasteiger partial charge is 0.262 e. The van der Waals surface area contributed by atoms with Gasteiger partial charge in [-0.3, -0.25) is 14.4 Å². The molecule has 2 amide bonds. The number of ether oxygens (including phenoxy) is 1. The van der Waals surface area contributed by atoms with Gasteiger partial charge in [0.2, 0.25) is 5.91 Å². The summed E-state index contributed by atoms with van der Waals surface area (Å²) < 4.78 is 5.30. The van der Waals surface area contributed by atoms with Gasteiger partial charge in [-0.05, 0) is 29.8 Å². The van der Waals surface area contributed by atoms with Crippen molar-refractivity contribution in [2.45, 2.75) is 13.0 Å². The number of aromatic amines is 1. The normalized spacial score (nSPS) is 12.8. The molecule has 8 heteroatoms. The maximum Gasteiger partial charge on any atom is 0.262 e. The summed E-state index contributed by atoms with van der Waals surface area (Å²) in [6, 6.07) is 12.3. The molecule has 0 radical (unpaired) electrons. The zero-order valence-corrected chi connectivity index (χ0v) is 14.2. The molecule has 1 aliphatic rings. The van der Waals surface area contributed by atoms with Gasteiger partial charge in [-0.15, -0.1) is 0 Å². The molecular formula is C19H16N4O4. The number of nitrogens with zero attached hydrogens (tertiary/aromatic N) is 1. The molecule has 4 rings (SSSR count). The predicted molar refractivity (Wildman–Crippen MR) is 98.5 cm³/mol. The molecule has 3 aromatic rings. The molecule has 136 valence electrons. The van der Waals surface area contributed by atoms with Crippen LogP contribution in [-0.4, -0.2) is 28.4 Å². The average Bonchev–Trinajstić information content (AvgIpc) is 2.66. The first-order valence-electron chi connectivity index (χ1n) is 8.39. The van der Waals surface area contributed by atoms with Crippen LogP contribution in [-0.2, 0) is 22.6 Å². The number of H-pyrrole nitrogens is 1. The summed E-state index contributed by atoms with van der Waals surface area (Å²) in [7, 11) is 0. The van der Waals surface area contributed by atoms with E-state index in [1.807, 2.05) is 6.07 Å². The van der Waals surface area contributed by atoms with Crippen molar-refractivity contribution < 1.29 is 14.3 Å². The first-order chi connectivity index (χ1) is 13.1. The average molecular weight is 364 g/mol. The minimum atomic E-state index is -0.272. The number of anilines is 1. The topological polar surface area (TPSA) is 113 Å². The number of para-hydroxylation sites is 1. The van der Waals surface area contributed by atoms with Crippen molar-refractivity contribution in [2.24, 2.45) is 0 Å². The number of nitrogens with one attached hydrogen (secondary N) is 3. The quantitative estimate of drug-likeness (QED) is 0.642. The number of benzene rings is 2. The van der Waals surface area contributed by atoms with Gasteiger partial charge in [0.1, 0.15) is 11.6 Å². The van der Waals surface area contributed by atoms with Gasteiger partial charge in [0.25, 0.3) is 11.5 Å². The van der Waals surface area contributed by atoms with Crippen LogP contribution in [0.2, 0.25) is 0 Å². The molecule has 0 bridgehead atoms. The Balaban J connectivity index is 1.42. The number of fused-ring (bicyclic) bond motifs is 2. The zero-order chi connectivity index (χ0) is 18.8. The van der Waals surface area contributed by atoms with Gasteiger partial charge in [-0.1, -0.05) is 18.2 Å². The lowest BCUT2D eigenvalue weighted by molar-refractivity contribution is -0.121. The minimum absolute atomic E-state index is 0.0000426. The van der Waals surface area contributed by atoms with Crippen molar-refractivity contribution in [1.29, 1.82) is 0 Å². The summed E-state index contributed by atoms with van der Waals surface area (Å²) in [6.07, 6.45) is -0.0368. The van der Waals surface area contributed by atoms with E-state index in [2.05, 4.69) is 20.6 Å². The maximum atomic E-state index is 12.2. The van der Waals surface area contributed by atoms with Gasteiger partial charge in [0.05, 0.1) is 23.0 Å². The minimum Gasteiger partial charge on any atom is -0.482 e. The molecule has 2 aromatic carbocycles. The monoisotopic (exact) mass is 364 g/mol. The molecule has 1 aromatic heterocycles. The highest BCUT2D eigenvalue weighted by atomic mass is 16.5. The molecule has 0 saturated carbocycles. The number of aromatic nitrogens is 2. The second kappa shape index (κ2) is 6.91. The van der Waals surface area contributed by atoms with E-state index in [0.29, 0.717) is 28.2 Å². The van der Waals surface area contributed by atoms with Crippen molar-refractivity contribution >= 4 is 28.4 Å². The SMILES string of the molecule is O=C(Cc1nc2ccccc2c(=O)[nH]1)NCc1ccc2c(c1)NC(=O)CO2. The van der Waals surface area contributed by atoms with Gasteiger partial charge < -0.3 is 20.4 Å². The number of carbonyl (C=O) groups is 2. The van der Waals surface area contributed by atoms with E-state index >= 15 is 0 Å². The molecule has 0 saturated heterocycles. The highest BCUT2D eigenvalue weighted by molar-refractivity contribution is 5.95. The third-order valence-corrected chi connectivity index (χ3v) is 4.16. The van der Waals surface area contributed by atoms with Crippen LogP contribution in [0.25, 0.3) is 10.9 Å². The van der Waals surface area contributed by atoms with Crippen molar-refractivity contribution in [2.75, 3.05) is 11.9 Å². The largest absolute Gasteiger partial charge is 0.482 e. The van der Waals surface area contributed by atoms with Crippen LogP contribution in [0.3, 0.4) is 0 Å². The molecule has 0 atom stereocenters. The number of hydrogen-bond donors (Lipinski definition) is 3. The second-order valence-electron chi connectivity index (χ2n) is 6.15. The molecule has 1 aliphatic heterocycles. The van der Waals surface area contributed by atoms with E-state index in [4.69, 9.17) is 4.74 Å². The van der Waals surface area contributed by atoms with Gasteiger partial charge in [-0.2, -0.15) is 0 Å². The van der Waals surface area contributed by atoms with Crippen LogP contribution >= 0.6 is 0 Å². The third-order valence-electron chi connectivity index (χ3n) is 4.16. The Bertz CT molecular complexity index is 1110. The van der Waals surface area contributed by atoms with E-state index in [9.17, 15) is 14.4 Å². The summed E-state index contributed by atoms with van der Waals surface area (Å²) in [4.78, 5) is 42.6. The standard InChI is InChI=1S/C19H16N4O4/c24-17(8-16-21-13-4-2-1-3-12(13)19(26)23-16)20-9-11-5-6-15-14(7-11)22-18(25)10-27-15/h1-7H,8-10H2,(H,20,24)(H,22,25)(H,21,23,26).